The highest BCUT2D eigenvalue weighted by atomic mass is 32.2. The fourth-order valence-electron chi connectivity index (χ4n) is 1.08. The van der Waals surface area contributed by atoms with Crippen LogP contribution in [0.4, 0.5) is 0 Å². The summed E-state index contributed by atoms with van der Waals surface area (Å²) in [7, 11) is -0.431. The lowest BCUT2D eigenvalue weighted by atomic mass is 10.4. The largest absolute Gasteiger partial charge is 0.388 e. The Kier molecular flexibility index (Phi) is 3.66. The average Bonchev–Trinajstić information content (AvgIpc) is 2.61. The molecule has 0 radical (unpaired) electrons. The van der Waals surface area contributed by atoms with Gasteiger partial charge >= 0.3 is 0 Å². The Hall–Kier alpha value is -1.41. The molecule has 8 heteroatoms. The third-order valence-corrected chi connectivity index (χ3v) is 3.79. The molecule has 0 aliphatic heterocycles. The number of aryl methyl sites for hydroxylation is 1. The molecule has 0 aliphatic carbocycles. The minimum absolute atomic E-state index is 0.000974. The van der Waals surface area contributed by atoms with Crippen molar-refractivity contribution >= 4 is 15.9 Å². The highest BCUT2D eigenvalue weighted by molar-refractivity contribution is 7.89. The molecule has 16 heavy (non-hydrogen) atoms. The van der Waals surface area contributed by atoms with E-state index in [1.54, 1.807) is 11.6 Å². The second-order valence-electron chi connectivity index (χ2n) is 3.48. The van der Waals surface area contributed by atoms with Gasteiger partial charge in [-0.25, -0.2) is 13.4 Å². The van der Waals surface area contributed by atoms with Gasteiger partial charge in [0, 0.05) is 33.3 Å². The summed E-state index contributed by atoms with van der Waals surface area (Å²) in [6, 6.07) is 0. The summed E-state index contributed by atoms with van der Waals surface area (Å²) in [4.78, 5) is 3.78. The van der Waals surface area contributed by atoms with Crippen molar-refractivity contribution in [1.82, 2.24) is 13.9 Å². The lowest BCUT2D eigenvalue weighted by molar-refractivity contribution is 0.475. The number of nitrogens with two attached hydrogens (primary N) is 1. The number of imidazole rings is 1. The molecule has 7 nitrogen and oxygen atoms in total. The lowest BCUT2D eigenvalue weighted by Crippen LogP contribution is -2.30. The molecule has 0 spiro atoms. The summed E-state index contributed by atoms with van der Waals surface area (Å²) in [6.07, 6.45) is 3.06. The van der Waals surface area contributed by atoms with E-state index in [1.165, 1.54) is 19.6 Å². The second-order valence-corrected chi connectivity index (χ2v) is 5.47. The van der Waals surface area contributed by atoms with Crippen LogP contribution in [0.1, 0.15) is 6.42 Å². The summed E-state index contributed by atoms with van der Waals surface area (Å²) in [5.74, 6) is -0.0388. The summed E-state index contributed by atoms with van der Waals surface area (Å²) in [5, 5.41) is 7.04. The van der Waals surface area contributed by atoms with Gasteiger partial charge in [-0.3, -0.25) is 5.41 Å². The maximum atomic E-state index is 11.9. The van der Waals surface area contributed by atoms with Crippen LogP contribution in [0.3, 0.4) is 0 Å². The summed E-state index contributed by atoms with van der Waals surface area (Å²) in [6.45, 7) is 0.175. The number of sulfonamides is 1. The SMILES string of the molecule is CN(CCC(=N)N)S(=O)(=O)c1cn(C)cn1. The number of nitrogens with one attached hydrogen (secondary N) is 1. The van der Waals surface area contributed by atoms with Gasteiger partial charge in [0.2, 0.25) is 0 Å². The second kappa shape index (κ2) is 4.62. The van der Waals surface area contributed by atoms with Gasteiger partial charge in [0.15, 0.2) is 5.03 Å². The highest BCUT2D eigenvalue weighted by Crippen LogP contribution is 2.10. The Bertz CT molecular complexity index is 478. The topological polar surface area (TPSA) is 105 Å². The molecule has 0 saturated heterocycles. The van der Waals surface area contributed by atoms with Crippen LogP contribution in [0, 0.1) is 5.41 Å². The van der Waals surface area contributed by atoms with E-state index in [4.69, 9.17) is 11.1 Å². The maximum Gasteiger partial charge on any atom is 0.261 e. The lowest BCUT2D eigenvalue weighted by Gasteiger charge is -2.14. The smallest absolute Gasteiger partial charge is 0.261 e. The number of nitrogens with zero attached hydrogens (tertiary/aromatic N) is 3. The number of aromatic nitrogens is 2. The van der Waals surface area contributed by atoms with Crippen LogP contribution in [-0.2, 0) is 17.1 Å². The van der Waals surface area contributed by atoms with E-state index in [9.17, 15) is 8.42 Å². The Morgan fingerprint density at radius 3 is 2.75 bits per heavy atom. The van der Waals surface area contributed by atoms with Crippen molar-refractivity contribution in [2.45, 2.75) is 11.4 Å². The number of amidine groups is 1. The summed E-state index contributed by atoms with van der Waals surface area (Å²) < 4.78 is 26.5. The molecule has 1 aromatic heterocycles. The predicted molar refractivity (Wildman–Crippen MR) is 59.6 cm³/mol. The molecule has 0 atom stereocenters. The third kappa shape index (κ3) is 2.80. The standard InChI is InChI=1S/C8H15N5O2S/c1-12-5-8(11-6-12)16(14,15)13(2)4-3-7(9)10/h5-6H,3-4H2,1-2H3,(H3,9,10). The molecule has 1 aromatic rings. The number of hydrogen-bond acceptors (Lipinski definition) is 4. The Labute approximate surface area is 94.4 Å². The monoisotopic (exact) mass is 245 g/mol. The van der Waals surface area contributed by atoms with Gasteiger partial charge in [-0.15, -0.1) is 0 Å². The Morgan fingerprint density at radius 2 is 2.31 bits per heavy atom. The van der Waals surface area contributed by atoms with E-state index in [2.05, 4.69) is 4.98 Å². The van der Waals surface area contributed by atoms with Crippen LogP contribution < -0.4 is 5.73 Å². The van der Waals surface area contributed by atoms with Crippen LogP contribution in [0.2, 0.25) is 0 Å². The van der Waals surface area contributed by atoms with E-state index in [0.717, 1.165) is 4.31 Å². The number of hydrogen-bond donors (Lipinski definition) is 2. The van der Waals surface area contributed by atoms with Crippen LogP contribution in [0.15, 0.2) is 17.6 Å². The van der Waals surface area contributed by atoms with Crippen molar-refractivity contribution in [3.05, 3.63) is 12.5 Å². The van der Waals surface area contributed by atoms with Crippen molar-refractivity contribution < 1.29 is 8.42 Å². The normalized spacial score (nSPS) is 11.9. The molecule has 1 rings (SSSR count). The van der Waals surface area contributed by atoms with E-state index in [-0.39, 0.29) is 23.8 Å². The maximum absolute atomic E-state index is 11.9. The van der Waals surface area contributed by atoms with Gasteiger partial charge in [-0.2, -0.15) is 4.31 Å². The minimum atomic E-state index is -3.56. The first-order chi connectivity index (χ1) is 7.34. The molecular formula is C8H15N5O2S. The van der Waals surface area contributed by atoms with Crippen molar-refractivity contribution in [2.24, 2.45) is 12.8 Å². The van der Waals surface area contributed by atoms with Gasteiger partial charge in [0.1, 0.15) is 0 Å². The molecule has 0 unspecified atom stereocenters. The van der Waals surface area contributed by atoms with Gasteiger partial charge in [0.25, 0.3) is 10.0 Å². The minimum Gasteiger partial charge on any atom is -0.388 e. The molecule has 0 fully saturated rings. The van der Waals surface area contributed by atoms with Crippen molar-refractivity contribution in [1.29, 1.82) is 5.41 Å². The van der Waals surface area contributed by atoms with Crippen LogP contribution in [0.5, 0.6) is 0 Å². The van der Waals surface area contributed by atoms with E-state index in [1.807, 2.05) is 0 Å². The molecule has 90 valence electrons. The van der Waals surface area contributed by atoms with Crippen LogP contribution in [0.25, 0.3) is 0 Å². The van der Waals surface area contributed by atoms with E-state index in [0.29, 0.717) is 0 Å². The molecule has 1 heterocycles. The Balaban J connectivity index is 2.82. The summed E-state index contributed by atoms with van der Waals surface area (Å²) >= 11 is 0. The molecule has 0 aliphatic rings. The zero-order valence-corrected chi connectivity index (χ0v) is 10.0. The van der Waals surface area contributed by atoms with E-state index >= 15 is 0 Å². The van der Waals surface area contributed by atoms with E-state index < -0.39 is 10.0 Å². The van der Waals surface area contributed by atoms with Crippen LogP contribution >= 0.6 is 0 Å². The van der Waals surface area contributed by atoms with Crippen molar-refractivity contribution in [2.75, 3.05) is 13.6 Å². The van der Waals surface area contributed by atoms with Crippen molar-refractivity contribution in [3.63, 3.8) is 0 Å². The third-order valence-electron chi connectivity index (χ3n) is 2.05. The van der Waals surface area contributed by atoms with Gasteiger partial charge in [0.05, 0.1) is 12.2 Å². The zero-order chi connectivity index (χ0) is 12.3. The van der Waals surface area contributed by atoms with Gasteiger partial charge in [-0.1, -0.05) is 0 Å². The first-order valence-electron chi connectivity index (χ1n) is 4.61. The number of rotatable bonds is 5. The molecule has 0 amide bonds. The molecule has 3 N–H and O–H groups in total. The predicted octanol–water partition coefficient (Wildman–Crippen LogP) is -0.633. The first kappa shape index (κ1) is 12.7. The molecule has 0 saturated carbocycles. The molecule has 0 aromatic carbocycles. The molecule has 0 bridgehead atoms. The van der Waals surface area contributed by atoms with Gasteiger partial charge in [-0.05, 0) is 0 Å². The first-order valence-corrected chi connectivity index (χ1v) is 6.05. The quantitative estimate of drug-likeness (QED) is 0.532. The summed E-state index contributed by atoms with van der Waals surface area (Å²) in [5.41, 5.74) is 5.17. The Morgan fingerprint density at radius 1 is 1.69 bits per heavy atom. The molecular weight excluding hydrogens is 230 g/mol. The zero-order valence-electron chi connectivity index (χ0n) is 9.21. The van der Waals surface area contributed by atoms with Gasteiger partial charge < -0.3 is 10.3 Å². The van der Waals surface area contributed by atoms with Crippen LogP contribution in [-0.4, -0.2) is 41.7 Å². The fourth-order valence-corrected chi connectivity index (χ4v) is 2.21. The van der Waals surface area contributed by atoms with Crippen molar-refractivity contribution in [3.8, 4) is 0 Å². The average molecular weight is 245 g/mol. The highest BCUT2D eigenvalue weighted by Gasteiger charge is 2.22. The fraction of sp³-hybridized carbons (Fsp3) is 0.500.